The molecule has 0 aliphatic carbocycles. The Morgan fingerprint density at radius 2 is 1.85 bits per heavy atom. The lowest BCUT2D eigenvalue weighted by Crippen LogP contribution is -2.04. The highest BCUT2D eigenvalue weighted by Gasteiger charge is 2.10. The summed E-state index contributed by atoms with van der Waals surface area (Å²) in [6, 6.07) is 20.5. The van der Waals surface area contributed by atoms with Crippen LogP contribution in [0, 0.1) is 0 Å². The van der Waals surface area contributed by atoms with E-state index in [0.717, 1.165) is 55.8 Å². The van der Waals surface area contributed by atoms with E-state index < -0.39 is 0 Å². The van der Waals surface area contributed by atoms with E-state index in [1.807, 2.05) is 37.4 Å². The third-order valence-electron chi connectivity index (χ3n) is 5.72. The van der Waals surface area contributed by atoms with Gasteiger partial charge in [0.05, 0.1) is 12.6 Å². The number of aromatic amines is 1. The van der Waals surface area contributed by atoms with Crippen molar-refractivity contribution in [2.75, 3.05) is 12.4 Å². The third kappa shape index (κ3) is 4.29. The molecule has 1 atom stereocenters. The highest BCUT2D eigenvalue weighted by molar-refractivity contribution is 5.95. The zero-order valence-corrected chi connectivity index (χ0v) is 18.5. The van der Waals surface area contributed by atoms with Crippen molar-refractivity contribution in [3.8, 4) is 5.75 Å². The number of hydrogen-bond acceptors (Lipinski definition) is 5. The van der Waals surface area contributed by atoms with Crippen molar-refractivity contribution in [1.29, 1.82) is 0 Å². The molecule has 0 saturated carbocycles. The van der Waals surface area contributed by atoms with Crippen LogP contribution in [0.5, 0.6) is 5.75 Å². The largest absolute Gasteiger partial charge is 0.496 e. The fourth-order valence-corrected chi connectivity index (χ4v) is 3.87. The highest BCUT2D eigenvalue weighted by atomic mass is 16.5. The number of methoxy groups -OCH3 is 1. The maximum atomic E-state index is 5.96. The van der Waals surface area contributed by atoms with Gasteiger partial charge in [-0.3, -0.25) is 0 Å². The summed E-state index contributed by atoms with van der Waals surface area (Å²) in [5, 5.41) is 5.50. The molecule has 6 heteroatoms. The Labute approximate surface area is 192 Å². The van der Waals surface area contributed by atoms with E-state index in [9.17, 15) is 0 Å². The van der Waals surface area contributed by atoms with Crippen LogP contribution < -0.4 is 15.8 Å². The van der Waals surface area contributed by atoms with Crippen molar-refractivity contribution in [3.05, 3.63) is 89.9 Å². The quantitative estimate of drug-likeness (QED) is 0.282. The van der Waals surface area contributed by atoms with Crippen LogP contribution >= 0.6 is 0 Å². The topological polar surface area (TPSA) is 88.9 Å². The van der Waals surface area contributed by atoms with Crippen molar-refractivity contribution in [3.63, 3.8) is 0 Å². The molecule has 1 unspecified atom stereocenters. The second kappa shape index (κ2) is 8.76. The van der Waals surface area contributed by atoms with Gasteiger partial charge in [-0.15, -0.1) is 0 Å². The number of nitrogens with one attached hydrogen (secondary N) is 2. The molecule has 5 aromatic rings. The first-order valence-corrected chi connectivity index (χ1v) is 10.8. The average Bonchev–Trinajstić information content (AvgIpc) is 3.30. The van der Waals surface area contributed by atoms with Gasteiger partial charge in [0.15, 0.2) is 0 Å². The number of rotatable bonds is 6. The van der Waals surface area contributed by atoms with Crippen molar-refractivity contribution in [2.24, 2.45) is 5.73 Å². The normalized spacial score (nSPS) is 12.5. The monoisotopic (exact) mass is 435 g/mol. The molecular weight excluding hydrogens is 410 g/mol. The van der Waals surface area contributed by atoms with Crippen molar-refractivity contribution in [1.82, 2.24) is 15.0 Å². The highest BCUT2D eigenvalue weighted by Crippen LogP contribution is 2.31. The van der Waals surface area contributed by atoms with Crippen LogP contribution in [0.3, 0.4) is 0 Å². The van der Waals surface area contributed by atoms with E-state index in [1.54, 1.807) is 13.4 Å². The lowest BCUT2D eigenvalue weighted by molar-refractivity contribution is 0.414. The lowest BCUT2D eigenvalue weighted by Gasteiger charge is -2.12. The molecule has 0 fully saturated rings. The van der Waals surface area contributed by atoms with E-state index in [2.05, 4.69) is 68.8 Å². The number of nitrogens with zero attached hydrogens (tertiary/aromatic N) is 2. The standard InChI is InChI=1S/C27H25N5O/c1-17(28)19-6-3-18(4-7-19)5-8-21-14-23-25(15-26(21)33-2)30-16-31-27(23)32-22-9-10-24-20(13-22)11-12-29-24/h3-17,29H,28H2,1-2H3,(H,30,31,32)/b8-5+. The van der Waals surface area contributed by atoms with Crippen LogP contribution in [0.4, 0.5) is 11.5 Å². The lowest BCUT2D eigenvalue weighted by atomic mass is 10.0. The number of fused-ring (bicyclic) bond motifs is 2. The van der Waals surface area contributed by atoms with Gasteiger partial charge in [0, 0.05) is 45.8 Å². The average molecular weight is 436 g/mol. The Morgan fingerprint density at radius 1 is 1.00 bits per heavy atom. The molecule has 5 rings (SSSR count). The van der Waals surface area contributed by atoms with Gasteiger partial charge < -0.3 is 20.8 Å². The van der Waals surface area contributed by atoms with Gasteiger partial charge in [0.1, 0.15) is 17.9 Å². The minimum Gasteiger partial charge on any atom is -0.496 e. The number of anilines is 2. The molecule has 2 heterocycles. The van der Waals surface area contributed by atoms with Crippen LogP contribution in [0.15, 0.2) is 73.2 Å². The molecule has 3 aromatic carbocycles. The smallest absolute Gasteiger partial charge is 0.141 e. The number of aromatic nitrogens is 3. The predicted molar refractivity (Wildman–Crippen MR) is 136 cm³/mol. The van der Waals surface area contributed by atoms with E-state index in [1.165, 1.54) is 0 Å². The number of ether oxygens (including phenoxy) is 1. The molecule has 0 aliphatic heterocycles. The van der Waals surface area contributed by atoms with Gasteiger partial charge in [-0.25, -0.2) is 9.97 Å². The SMILES string of the molecule is COc1cc2ncnc(Nc3ccc4[nH]ccc4c3)c2cc1/C=C/c1ccc(C(C)N)cc1. The van der Waals surface area contributed by atoms with E-state index in [0.29, 0.717) is 0 Å². The molecule has 4 N–H and O–H groups in total. The predicted octanol–water partition coefficient (Wildman–Crippen LogP) is 6.05. The minimum absolute atomic E-state index is 0.0208. The van der Waals surface area contributed by atoms with Crippen LogP contribution in [-0.4, -0.2) is 22.1 Å². The molecular formula is C27H25N5O. The van der Waals surface area contributed by atoms with E-state index >= 15 is 0 Å². The zero-order valence-electron chi connectivity index (χ0n) is 18.5. The number of nitrogens with two attached hydrogens (primary N) is 1. The fourth-order valence-electron chi connectivity index (χ4n) is 3.87. The summed E-state index contributed by atoms with van der Waals surface area (Å²) in [6.45, 7) is 1.98. The van der Waals surface area contributed by atoms with Crippen molar-refractivity contribution in [2.45, 2.75) is 13.0 Å². The number of H-pyrrole nitrogens is 1. The van der Waals surface area contributed by atoms with Gasteiger partial charge in [-0.2, -0.15) is 0 Å². The minimum atomic E-state index is 0.0208. The second-order valence-electron chi connectivity index (χ2n) is 8.03. The first-order chi connectivity index (χ1) is 16.1. The van der Waals surface area contributed by atoms with Crippen LogP contribution in [-0.2, 0) is 0 Å². The Bertz CT molecular complexity index is 1450. The molecule has 164 valence electrons. The molecule has 0 aliphatic rings. The summed E-state index contributed by atoms with van der Waals surface area (Å²) >= 11 is 0. The van der Waals surface area contributed by atoms with Gasteiger partial charge in [-0.05, 0) is 48.4 Å². The molecule has 0 bridgehead atoms. The van der Waals surface area contributed by atoms with Crippen LogP contribution in [0.1, 0.15) is 29.7 Å². The Morgan fingerprint density at radius 3 is 2.64 bits per heavy atom. The fraction of sp³-hybridized carbons (Fsp3) is 0.111. The Kier molecular flexibility index (Phi) is 5.50. The first kappa shape index (κ1) is 20.7. The molecule has 2 aromatic heterocycles. The molecule has 0 amide bonds. The molecule has 33 heavy (non-hydrogen) atoms. The van der Waals surface area contributed by atoms with Crippen LogP contribution in [0.25, 0.3) is 34.0 Å². The zero-order chi connectivity index (χ0) is 22.8. The van der Waals surface area contributed by atoms with Gasteiger partial charge in [0.2, 0.25) is 0 Å². The van der Waals surface area contributed by atoms with Crippen LogP contribution in [0.2, 0.25) is 0 Å². The summed E-state index contributed by atoms with van der Waals surface area (Å²) in [7, 11) is 1.67. The summed E-state index contributed by atoms with van der Waals surface area (Å²) < 4.78 is 5.64. The third-order valence-corrected chi connectivity index (χ3v) is 5.72. The first-order valence-electron chi connectivity index (χ1n) is 10.8. The van der Waals surface area contributed by atoms with E-state index in [-0.39, 0.29) is 6.04 Å². The molecule has 0 radical (unpaired) electrons. The van der Waals surface area contributed by atoms with E-state index in [4.69, 9.17) is 10.5 Å². The summed E-state index contributed by atoms with van der Waals surface area (Å²) in [5.41, 5.74) is 12.0. The van der Waals surface area contributed by atoms with Crippen molar-refractivity contribution >= 4 is 45.5 Å². The van der Waals surface area contributed by atoms with Gasteiger partial charge >= 0.3 is 0 Å². The summed E-state index contributed by atoms with van der Waals surface area (Å²) in [4.78, 5) is 12.2. The van der Waals surface area contributed by atoms with Gasteiger partial charge in [-0.1, -0.05) is 36.4 Å². The molecule has 6 nitrogen and oxygen atoms in total. The molecule has 0 saturated heterocycles. The molecule has 0 spiro atoms. The number of benzene rings is 3. The maximum absolute atomic E-state index is 5.96. The summed E-state index contributed by atoms with van der Waals surface area (Å²) in [6.07, 6.45) is 7.60. The maximum Gasteiger partial charge on any atom is 0.141 e. The van der Waals surface area contributed by atoms with Crippen molar-refractivity contribution < 1.29 is 4.74 Å². The second-order valence-corrected chi connectivity index (χ2v) is 8.03. The van der Waals surface area contributed by atoms with Gasteiger partial charge in [0.25, 0.3) is 0 Å². The Balaban J connectivity index is 1.50. The Hall–Kier alpha value is -4.16. The summed E-state index contributed by atoms with van der Waals surface area (Å²) in [5.74, 6) is 1.50. The number of hydrogen-bond donors (Lipinski definition) is 3.